The van der Waals surface area contributed by atoms with E-state index in [1.54, 1.807) is 18.3 Å². The molecule has 0 unspecified atom stereocenters. The molecule has 120 valence electrons. The summed E-state index contributed by atoms with van der Waals surface area (Å²) in [6.45, 7) is 2.00. The van der Waals surface area contributed by atoms with E-state index in [0.717, 1.165) is 45.0 Å². The van der Waals surface area contributed by atoms with Crippen molar-refractivity contribution in [1.29, 1.82) is 0 Å². The van der Waals surface area contributed by atoms with Crippen molar-refractivity contribution in [2.24, 2.45) is 0 Å². The second kappa shape index (κ2) is 5.42. The summed E-state index contributed by atoms with van der Waals surface area (Å²) in [5, 5.41) is 7.25. The van der Waals surface area contributed by atoms with Crippen molar-refractivity contribution in [2.45, 2.75) is 31.2 Å². The number of aromatic nitrogens is 3. The van der Waals surface area contributed by atoms with E-state index in [9.17, 15) is 9.18 Å². The van der Waals surface area contributed by atoms with Crippen LogP contribution in [0.25, 0.3) is 5.82 Å². The Kier molecular flexibility index (Phi) is 3.37. The molecule has 0 aliphatic carbocycles. The summed E-state index contributed by atoms with van der Waals surface area (Å²) in [5.74, 6) is 0.642. The third-order valence-electron chi connectivity index (χ3n) is 4.84. The molecule has 0 spiro atoms. The van der Waals surface area contributed by atoms with Gasteiger partial charge < -0.3 is 5.32 Å². The number of hydrogen-bond donors (Lipinski definition) is 1. The smallest absolute Gasteiger partial charge is 0.246 e. The largest absolute Gasteiger partial charge is 0.308 e. The summed E-state index contributed by atoms with van der Waals surface area (Å²) in [6, 6.07) is 4.60. The van der Waals surface area contributed by atoms with Gasteiger partial charge >= 0.3 is 0 Å². The first kappa shape index (κ1) is 14.3. The SMILES string of the molecule is O=C(Nc1ccn(-c2ccc(F)cn2)n1)C12CCCN1CCC2. The number of anilines is 1. The maximum absolute atomic E-state index is 12.9. The number of rotatable bonds is 3. The lowest BCUT2D eigenvalue weighted by atomic mass is 9.93. The van der Waals surface area contributed by atoms with Crippen molar-refractivity contribution >= 4 is 11.7 Å². The second-order valence-electron chi connectivity index (χ2n) is 6.16. The zero-order valence-electron chi connectivity index (χ0n) is 12.7. The number of carbonyl (C=O) groups is 1. The minimum absolute atomic E-state index is 0.0322. The van der Waals surface area contributed by atoms with E-state index in [1.165, 1.54) is 10.7 Å². The van der Waals surface area contributed by atoms with Crippen LogP contribution in [0.5, 0.6) is 0 Å². The first-order valence-electron chi connectivity index (χ1n) is 7.91. The lowest BCUT2D eigenvalue weighted by molar-refractivity contribution is -0.125. The summed E-state index contributed by atoms with van der Waals surface area (Å²) >= 11 is 0. The molecule has 4 rings (SSSR count). The summed E-state index contributed by atoms with van der Waals surface area (Å²) in [6.07, 6.45) is 6.82. The third kappa shape index (κ3) is 2.41. The number of pyridine rings is 1. The Bertz CT molecular complexity index is 716. The molecule has 0 atom stereocenters. The van der Waals surface area contributed by atoms with Gasteiger partial charge in [-0.05, 0) is 50.9 Å². The van der Waals surface area contributed by atoms with Gasteiger partial charge in [0.2, 0.25) is 5.91 Å². The molecule has 7 heteroatoms. The van der Waals surface area contributed by atoms with E-state index in [-0.39, 0.29) is 11.4 Å². The van der Waals surface area contributed by atoms with Crippen LogP contribution in [0.2, 0.25) is 0 Å². The van der Waals surface area contributed by atoms with Crippen LogP contribution in [-0.2, 0) is 4.79 Å². The molecule has 2 saturated heterocycles. The molecule has 1 amide bonds. The van der Waals surface area contributed by atoms with Gasteiger partial charge in [0.15, 0.2) is 11.6 Å². The number of nitrogens with one attached hydrogen (secondary N) is 1. The standard InChI is InChI=1S/C16H18FN5O/c17-12-3-4-14(18-11-12)22-10-5-13(20-22)19-15(23)16-6-1-8-21(16)9-2-7-16/h3-5,10-11H,1-2,6-9H2,(H,19,20,23). The van der Waals surface area contributed by atoms with Gasteiger partial charge in [-0.25, -0.2) is 14.1 Å². The Hall–Kier alpha value is -2.28. The molecule has 0 radical (unpaired) electrons. The molecule has 2 aliphatic heterocycles. The topological polar surface area (TPSA) is 63.1 Å². The number of amides is 1. The molecule has 0 aromatic carbocycles. The van der Waals surface area contributed by atoms with Crippen LogP contribution < -0.4 is 5.32 Å². The highest BCUT2D eigenvalue weighted by Crippen LogP contribution is 2.39. The van der Waals surface area contributed by atoms with Gasteiger partial charge in [0, 0.05) is 12.3 Å². The number of carbonyl (C=O) groups excluding carboxylic acids is 1. The Morgan fingerprint density at radius 3 is 2.70 bits per heavy atom. The van der Waals surface area contributed by atoms with Gasteiger partial charge in [0.25, 0.3) is 0 Å². The third-order valence-corrected chi connectivity index (χ3v) is 4.84. The minimum Gasteiger partial charge on any atom is -0.308 e. The Balaban J connectivity index is 1.51. The molecule has 2 fully saturated rings. The van der Waals surface area contributed by atoms with Crippen LogP contribution >= 0.6 is 0 Å². The lowest BCUT2D eigenvalue weighted by Crippen LogP contribution is -2.49. The van der Waals surface area contributed by atoms with Gasteiger partial charge in [-0.3, -0.25) is 9.69 Å². The highest BCUT2D eigenvalue weighted by atomic mass is 19.1. The summed E-state index contributed by atoms with van der Waals surface area (Å²) in [7, 11) is 0. The molecule has 2 aromatic rings. The average Bonchev–Trinajstić information content (AvgIpc) is 3.22. The molecular weight excluding hydrogens is 297 g/mol. The van der Waals surface area contributed by atoms with Crippen LogP contribution in [0, 0.1) is 5.82 Å². The molecule has 2 aromatic heterocycles. The minimum atomic E-state index is -0.393. The molecule has 4 heterocycles. The number of nitrogens with zero attached hydrogens (tertiary/aromatic N) is 4. The molecule has 6 nitrogen and oxygen atoms in total. The van der Waals surface area contributed by atoms with E-state index in [2.05, 4.69) is 20.3 Å². The Morgan fingerprint density at radius 1 is 1.22 bits per heavy atom. The molecule has 2 aliphatic rings. The average molecular weight is 315 g/mol. The van der Waals surface area contributed by atoms with Crippen molar-refractivity contribution in [2.75, 3.05) is 18.4 Å². The Labute approximate surface area is 133 Å². The second-order valence-corrected chi connectivity index (χ2v) is 6.16. The van der Waals surface area contributed by atoms with Crippen molar-refractivity contribution in [3.8, 4) is 5.82 Å². The number of hydrogen-bond acceptors (Lipinski definition) is 4. The van der Waals surface area contributed by atoms with Crippen LogP contribution in [-0.4, -0.2) is 44.2 Å². The lowest BCUT2D eigenvalue weighted by Gasteiger charge is -2.29. The highest BCUT2D eigenvalue weighted by Gasteiger charge is 2.50. The van der Waals surface area contributed by atoms with E-state index in [0.29, 0.717) is 11.6 Å². The first-order valence-corrected chi connectivity index (χ1v) is 7.91. The van der Waals surface area contributed by atoms with Gasteiger partial charge in [0.1, 0.15) is 11.4 Å². The fourth-order valence-corrected chi connectivity index (χ4v) is 3.73. The van der Waals surface area contributed by atoms with Gasteiger partial charge in [0.05, 0.1) is 6.20 Å². The summed E-state index contributed by atoms with van der Waals surface area (Å²) in [5.41, 5.74) is -0.349. The Morgan fingerprint density at radius 2 is 2.00 bits per heavy atom. The van der Waals surface area contributed by atoms with E-state index >= 15 is 0 Å². The van der Waals surface area contributed by atoms with Crippen molar-refractivity contribution < 1.29 is 9.18 Å². The first-order chi connectivity index (χ1) is 11.2. The van der Waals surface area contributed by atoms with Crippen LogP contribution in [0.15, 0.2) is 30.6 Å². The van der Waals surface area contributed by atoms with E-state index in [4.69, 9.17) is 0 Å². The van der Waals surface area contributed by atoms with Crippen molar-refractivity contribution in [3.63, 3.8) is 0 Å². The highest BCUT2D eigenvalue weighted by molar-refractivity contribution is 5.98. The molecular formula is C16H18FN5O. The normalized spacial score (nSPS) is 19.7. The van der Waals surface area contributed by atoms with Gasteiger partial charge in [-0.2, -0.15) is 0 Å². The summed E-state index contributed by atoms with van der Waals surface area (Å²) < 4.78 is 14.4. The van der Waals surface area contributed by atoms with E-state index in [1.807, 2.05) is 0 Å². The van der Waals surface area contributed by atoms with E-state index < -0.39 is 5.82 Å². The predicted molar refractivity (Wildman–Crippen MR) is 82.7 cm³/mol. The van der Waals surface area contributed by atoms with Crippen LogP contribution in [0.1, 0.15) is 25.7 Å². The number of fused-ring (bicyclic) bond motifs is 1. The fourth-order valence-electron chi connectivity index (χ4n) is 3.73. The molecule has 0 bridgehead atoms. The van der Waals surface area contributed by atoms with Crippen LogP contribution in [0.4, 0.5) is 10.2 Å². The van der Waals surface area contributed by atoms with Gasteiger partial charge in [-0.1, -0.05) is 0 Å². The van der Waals surface area contributed by atoms with Crippen LogP contribution in [0.3, 0.4) is 0 Å². The van der Waals surface area contributed by atoms with Crippen molar-refractivity contribution in [3.05, 3.63) is 36.4 Å². The molecule has 1 N–H and O–H groups in total. The fraction of sp³-hybridized carbons (Fsp3) is 0.438. The predicted octanol–water partition coefficient (Wildman–Crippen LogP) is 1.97. The zero-order valence-corrected chi connectivity index (χ0v) is 12.7. The monoisotopic (exact) mass is 315 g/mol. The van der Waals surface area contributed by atoms with Crippen molar-refractivity contribution in [1.82, 2.24) is 19.7 Å². The quantitative estimate of drug-likeness (QED) is 0.940. The number of halogens is 1. The zero-order chi connectivity index (χ0) is 15.9. The summed E-state index contributed by atoms with van der Waals surface area (Å²) in [4.78, 5) is 19.0. The molecule has 23 heavy (non-hydrogen) atoms. The molecule has 0 saturated carbocycles. The maximum Gasteiger partial charge on any atom is 0.246 e. The van der Waals surface area contributed by atoms with Gasteiger partial charge in [-0.15, -0.1) is 5.10 Å². The maximum atomic E-state index is 12.9.